The van der Waals surface area contributed by atoms with E-state index >= 15 is 0 Å². The van der Waals surface area contributed by atoms with Crippen LogP contribution in [0.2, 0.25) is 0 Å². The summed E-state index contributed by atoms with van der Waals surface area (Å²) in [6.45, 7) is 2.73. The molecule has 0 aliphatic rings. The Morgan fingerprint density at radius 2 is 0.976 bits per heavy atom. The molecule has 8 nitrogen and oxygen atoms in total. The maximum atomic E-state index is 13.1. The highest BCUT2D eigenvalue weighted by molar-refractivity contribution is 7.59. The third-order valence-electron chi connectivity index (χ3n) is 6.69. The maximum Gasteiger partial charge on any atom is 0.408 e. The quantitative estimate of drug-likeness (QED) is 0.174. The lowest BCUT2D eigenvalue weighted by molar-refractivity contribution is 0.137. The average molecular weight is 573 g/mol. The van der Waals surface area contributed by atoms with Crippen LogP contribution in [0.4, 0.5) is 9.59 Å². The SMILES string of the molecule is C[C@H](NC(=O)OCc1ccccc1-c1ccccc1)P(=O)(O)[C@@H](C)NC(=O)OCc1ccccc1-c1ccccc1. The summed E-state index contributed by atoms with van der Waals surface area (Å²) in [5.41, 5.74) is 5.39. The van der Waals surface area contributed by atoms with E-state index in [1.807, 2.05) is 109 Å². The fourth-order valence-electron chi connectivity index (χ4n) is 4.32. The standard InChI is InChI=1S/C32H33N2O6P/c1-23(33-31(35)39-21-27-17-9-11-19-29(27)25-13-5-3-6-14-25)41(37,38)24(2)34-32(36)40-22-28-18-10-12-20-30(28)26-15-7-4-8-16-26/h3-20,23-24H,21-22H2,1-2H3,(H,33,35)(H,34,36)(H,37,38)/t23-,24+. The van der Waals surface area contributed by atoms with Crippen molar-refractivity contribution in [2.24, 2.45) is 0 Å². The van der Waals surface area contributed by atoms with Crippen LogP contribution >= 0.6 is 7.37 Å². The van der Waals surface area contributed by atoms with Gasteiger partial charge < -0.3 is 25.0 Å². The highest BCUT2D eigenvalue weighted by Gasteiger charge is 2.36. The molecule has 0 heterocycles. The van der Waals surface area contributed by atoms with Crippen LogP contribution in [0.1, 0.15) is 25.0 Å². The molecule has 3 N–H and O–H groups in total. The van der Waals surface area contributed by atoms with Crippen LogP contribution in [0, 0.1) is 0 Å². The van der Waals surface area contributed by atoms with Gasteiger partial charge in [-0.3, -0.25) is 4.57 Å². The lowest BCUT2D eigenvalue weighted by atomic mass is 10.0. The number of carbonyl (C=O) groups excluding carboxylic acids is 2. The van der Waals surface area contributed by atoms with Gasteiger partial charge in [0.25, 0.3) is 0 Å². The Bertz CT molecular complexity index is 1400. The van der Waals surface area contributed by atoms with Gasteiger partial charge in [-0.25, -0.2) is 9.59 Å². The predicted octanol–water partition coefficient (Wildman–Crippen LogP) is 7.14. The monoisotopic (exact) mass is 572 g/mol. The second-order valence-corrected chi connectivity index (χ2v) is 12.4. The van der Waals surface area contributed by atoms with E-state index in [2.05, 4.69) is 10.6 Å². The van der Waals surface area contributed by atoms with Crippen molar-refractivity contribution in [1.29, 1.82) is 0 Å². The van der Waals surface area contributed by atoms with Crippen LogP contribution in [-0.4, -0.2) is 28.6 Å². The first-order chi connectivity index (χ1) is 19.8. The third-order valence-corrected chi connectivity index (χ3v) is 9.16. The van der Waals surface area contributed by atoms with E-state index in [0.29, 0.717) is 0 Å². The molecule has 4 rings (SSSR count). The number of hydrogen-bond acceptors (Lipinski definition) is 5. The van der Waals surface area contributed by atoms with Crippen LogP contribution in [-0.2, 0) is 27.3 Å². The van der Waals surface area contributed by atoms with E-state index in [9.17, 15) is 19.0 Å². The van der Waals surface area contributed by atoms with Gasteiger partial charge in [0.15, 0.2) is 0 Å². The molecule has 0 fully saturated rings. The Morgan fingerprint density at radius 1 is 0.634 bits per heavy atom. The molecular weight excluding hydrogens is 539 g/mol. The topological polar surface area (TPSA) is 114 Å². The number of rotatable bonds is 10. The summed E-state index contributed by atoms with van der Waals surface area (Å²) in [7, 11) is -4.11. The molecule has 0 saturated carbocycles. The molecule has 0 aromatic heterocycles. The smallest absolute Gasteiger partial charge is 0.408 e. The molecular formula is C32H33N2O6P. The van der Waals surface area contributed by atoms with E-state index in [0.717, 1.165) is 33.4 Å². The number of benzene rings is 4. The Balaban J connectivity index is 1.29. The van der Waals surface area contributed by atoms with Crippen LogP contribution in [0.5, 0.6) is 0 Å². The van der Waals surface area contributed by atoms with E-state index < -0.39 is 31.1 Å². The Kier molecular flexibility index (Phi) is 9.95. The summed E-state index contributed by atoms with van der Waals surface area (Å²) in [5, 5.41) is 4.84. The number of amides is 2. The number of ether oxygens (including phenoxy) is 2. The highest BCUT2D eigenvalue weighted by Crippen LogP contribution is 2.48. The molecule has 0 aliphatic heterocycles. The summed E-state index contributed by atoms with van der Waals surface area (Å²) in [5.74, 6) is -2.37. The third kappa shape index (κ3) is 7.84. The zero-order chi connectivity index (χ0) is 29.2. The number of nitrogens with one attached hydrogen (secondary N) is 2. The second kappa shape index (κ2) is 13.8. The van der Waals surface area contributed by atoms with Gasteiger partial charge in [-0.15, -0.1) is 0 Å². The fraction of sp³-hybridized carbons (Fsp3) is 0.188. The molecule has 41 heavy (non-hydrogen) atoms. The van der Waals surface area contributed by atoms with Gasteiger partial charge in [-0.05, 0) is 47.2 Å². The molecule has 1 unspecified atom stereocenters. The largest absolute Gasteiger partial charge is 0.445 e. The first kappa shape index (κ1) is 29.6. The van der Waals surface area contributed by atoms with Crippen LogP contribution in [0.25, 0.3) is 22.3 Å². The molecule has 4 aromatic rings. The molecule has 212 valence electrons. The first-order valence-electron chi connectivity index (χ1n) is 13.2. The molecule has 9 heteroatoms. The van der Waals surface area contributed by atoms with Gasteiger partial charge in [0.2, 0.25) is 7.37 Å². The maximum absolute atomic E-state index is 13.1. The minimum absolute atomic E-state index is 0.0239. The number of alkyl carbamates (subject to hydrolysis) is 2. The minimum atomic E-state index is -4.11. The average Bonchev–Trinajstić information content (AvgIpc) is 3.00. The molecule has 2 amide bonds. The predicted molar refractivity (Wildman–Crippen MR) is 159 cm³/mol. The van der Waals surface area contributed by atoms with Gasteiger partial charge in [0.1, 0.15) is 24.8 Å². The summed E-state index contributed by atoms with van der Waals surface area (Å²) < 4.78 is 23.8. The fourth-order valence-corrected chi connectivity index (χ4v) is 5.57. The number of carbonyl (C=O) groups is 2. The van der Waals surface area contributed by atoms with Crippen molar-refractivity contribution < 1.29 is 28.5 Å². The van der Waals surface area contributed by atoms with Gasteiger partial charge in [0.05, 0.1) is 0 Å². The van der Waals surface area contributed by atoms with Gasteiger partial charge in [0, 0.05) is 0 Å². The Hall–Kier alpha value is -4.39. The molecule has 0 saturated heterocycles. The van der Waals surface area contributed by atoms with Crippen molar-refractivity contribution >= 4 is 19.6 Å². The Morgan fingerprint density at radius 3 is 1.37 bits per heavy atom. The zero-order valence-electron chi connectivity index (χ0n) is 22.9. The van der Waals surface area contributed by atoms with Crippen molar-refractivity contribution in [3.05, 3.63) is 120 Å². The first-order valence-corrected chi connectivity index (χ1v) is 15.0. The summed E-state index contributed by atoms with van der Waals surface area (Å²) in [6.07, 6.45) is -1.69. The molecule has 0 spiro atoms. The van der Waals surface area contributed by atoms with Crippen molar-refractivity contribution in [1.82, 2.24) is 10.6 Å². The normalized spacial score (nSPS) is 13.7. The summed E-state index contributed by atoms with van der Waals surface area (Å²) in [6, 6.07) is 34.5. The van der Waals surface area contributed by atoms with Gasteiger partial charge >= 0.3 is 12.2 Å². The molecule has 4 aromatic carbocycles. The van der Waals surface area contributed by atoms with Crippen LogP contribution in [0.3, 0.4) is 0 Å². The van der Waals surface area contributed by atoms with Crippen molar-refractivity contribution in [3.8, 4) is 22.3 Å². The molecule has 0 bridgehead atoms. The second-order valence-electron chi connectivity index (χ2n) is 9.51. The van der Waals surface area contributed by atoms with Gasteiger partial charge in [-0.2, -0.15) is 0 Å². The summed E-state index contributed by atoms with van der Waals surface area (Å²) in [4.78, 5) is 35.7. The lowest BCUT2D eigenvalue weighted by Crippen LogP contribution is -2.40. The van der Waals surface area contributed by atoms with Crippen molar-refractivity contribution in [2.75, 3.05) is 0 Å². The van der Waals surface area contributed by atoms with Crippen LogP contribution < -0.4 is 10.6 Å². The number of hydrogen-bond donors (Lipinski definition) is 3. The van der Waals surface area contributed by atoms with E-state index in [4.69, 9.17) is 9.47 Å². The molecule has 0 aliphatic carbocycles. The molecule has 0 radical (unpaired) electrons. The van der Waals surface area contributed by atoms with Crippen molar-refractivity contribution in [2.45, 2.75) is 38.6 Å². The van der Waals surface area contributed by atoms with Crippen LogP contribution in [0.15, 0.2) is 109 Å². The highest BCUT2D eigenvalue weighted by atomic mass is 31.2. The zero-order valence-corrected chi connectivity index (χ0v) is 23.8. The minimum Gasteiger partial charge on any atom is -0.445 e. The van der Waals surface area contributed by atoms with E-state index in [1.54, 1.807) is 0 Å². The molecule has 3 atom stereocenters. The Labute approximate surface area is 239 Å². The van der Waals surface area contributed by atoms with E-state index in [1.165, 1.54) is 13.8 Å². The van der Waals surface area contributed by atoms with E-state index in [-0.39, 0.29) is 13.2 Å². The summed E-state index contributed by atoms with van der Waals surface area (Å²) >= 11 is 0. The van der Waals surface area contributed by atoms with Gasteiger partial charge in [-0.1, -0.05) is 109 Å². The lowest BCUT2D eigenvalue weighted by Gasteiger charge is -2.26. The van der Waals surface area contributed by atoms with Crippen molar-refractivity contribution in [3.63, 3.8) is 0 Å².